The SMILES string of the molecule is CC(C)Sc1ccccc1C=NCCCC(=O)O. The Morgan fingerprint density at radius 2 is 2.17 bits per heavy atom. The molecule has 0 aromatic heterocycles. The predicted molar refractivity (Wildman–Crippen MR) is 76.8 cm³/mol. The van der Waals surface area contributed by atoms with Crippen LogP contribution >= 0.6 is 11.8 Å². The Morgan fingerprint density at radius 3 is 2.83 bits per heavy atom. The van der Waals surface area contributed by atoms with Gasteiger partial charge in [0.1, 0.15) is 0 Å². The van der Waals surface area contributed by atoms with Crippen molar-refractivity contribution in [2.45, 2.75) is 36.8 Å². The van der Waals surface area contributed by atoms with E-state index in [0.29, 0.717) is 18.2 Å². The van der Waals surface area contributed by atoms with E-state index in [2.05, 4.69) is 24.9 Å². The average molecular weight is 265 g/mol. The molecule has 0 radical (unpaired) electrons. The van der Waals surface area contributed by atoms with E-state index >= 15 is 0 Å². The summed E-state index contributed by atoms with van der Waals surface area (Å²) in [5.41, 5.74) is 1.10. The molecule has 98 valence electrons. The lowest BCUT2D eigenvalue weighted by molar-refractivity contribution is -0.137. The summed E-state index contributed by atoms with van der Waals surface area (Å²) in [7, 11) is 0. The number of carbonyl (C=O) groups is 1. The number of nitrogens with zero attached hydrogens (tertiary/aromatic N) is 1. The van der Waals surface area contributed by atoms with E-state index in [9.17, 15) is 4.79 Å². The number of hydrogen-bond acceptors (Lipinski definition) is 3. The predicted octanol–water partition coefficient (Wildman–Crippen LogP) is 3.47. The number of carboxylic acids is 1. The van der Waals surface area contributed by atoms with Gasteiger partial charge in [-0.05, 0) is 12.5 Å². The normalized spacial score (nSPS) is 11.3. The molecule has 1 rings (SSSR count). The number of aliphatic imine (C=N–C) groups is 1. The van der Waals surface area contributed by atoms with E-state index in [4.69, 9.17) is 5.11 Å². The maximum atomic E-state index is 10.4. The molecule has 3 nitrogen and oxygen atoms in total. The molecule has 0 fully saturated rings. The summed E-state index contributed by atoms with van der Waals surface area (Å²) in [6.45, 7) is 4.88. The summed E-state index contributed by atoms with van der Waals surface area (Å²) >= 11 is 1.81. The van der Waals surface area contributed by atoms with Crippen LogP contribution in [0.1, 0.15) is 32.3 Å². The molecule has 0 heterocycles. The summed E-state index contributed by atoms with van der Waals surface area (Å²) in [6, 6.07) is 8.13. The third kappa shape index (κ3) is 5.87. The van der Waals surface area contributed by atoms with Gasteiger partial charge in [0.05, 0.1) is 0 Å². The maximum absolute atomic E-state index is 10.4. The van der Waals surface area contributed by atoms with Crippen LogP contribution in [-0.4, -0.2) is 29.1 Å². The molecule has 0 atom stereocenters. The van der Waals surface area contributed by atoms with Crippen LogP contribution in [0.15, 0.2) is 34.2 Å². The molecule has 18 heavy (non-hydrogen) atoms. The molecule has 0 aliphatic heterocycles. The molecule has 1 aromatic carbocycles. The van der Waals surface area contributed by atoms with Gasteiger partial charge in [-0.3, -0.25) is 9.79 Å². The van der Waals surface area contributed by atoms with E-state index < -0.39 is 5.97 Å². The van der Waals surface area contributed by atoms with Crippen LogP contribution < -0.4 is 0 Å². The highest BCUT2D eigenvalue weighted by Crippen LogP contribution is 2.25. The summed E-state index contributed by atoms with van der Waals surface area (Å²) in [4.78, 5) is 15.8. The highest BCUT2D eigenvalue weighted by atomic mass is 32.2. The second-order valence-corrected chi connectivity index (χ2v) is 5.86. The number of benzene rings is 1. The Morgan fingerprint density at radius 1 is 1.44 bits per heavy atom. The Hall–Kier alpha value is -1.29. The van der Waals surface area contributed by atoms with Crippen LogP contribution in [0, 0.1) is 0 Å². The van der Waals surface area contributed by atoms with Gasteiger partial charge in [-0.25, -0.2) is 0 Å². The molecule has 0 saturated carbocycles. The number of carboxylic acid groups (broad SMARTS) is 1. The van der Waals surface area contributed by atoms with E-state index in [0.717, 1.165) is 5.56 Å². The van der Waals surface area contributed by atoms with Crippen LogP contribution in [0.25, 0.3) is 0 Å². The molecule has 0 aliphatic carbocycles. The Bertz CT molecular complexity index is 416. The second kappa shape index (κ2) is 7.93. The van der Waals surface area contributed by atoms with Crippen molar-refractivity contribution in [3.8, 4) is 0 Å². The molecule has 1 N–H and O–H groups in total. The lowest BCUT2D eigenvalue weighted by Crippen LogP contribution is -1.96. The number of aliphatic carboxylic acids is 1. The molecular formula is C14H19NO2S. The van der Waals surface area contributed by atoms with Gasteiger partial charge in [0.2, 0.25) is 0 Å². The van der Waals surface area contributed by atoms with Crippen molar-refractivity contribution in [3.63, 3.8) is 0 Å². The summed E-state index contributed by atoms with van der Waals surface area (Å²) < 4.78 is 0. The van der Waals surface area contributed by atoms with Crippen molar-refractivity contribution >= 4 is 23.9 Å². The van der Waals surface area contributed by atoms with Crippen molar-refractivity contribution in [3.05, 3.63) is 29.8 Å². The lowest BCUT2D eigenvalue weighted by atomic mass is 10.2. The minimum Gasteiger partial charge on any atom is -0.481 e. The fraction of sp³-hybridized carbons (Fsp3) is 0.429. The van der Waals surface area contributed by atoms with Gasteiger partial charge in [0, 0.05) is 34.9 Å². The van der Waals surface area contributed by atoms with Gasteiger partial charge in [-0.15, -0.1) is 11.8 Å². The molecule has 0 amide bonds. The van der Waals surface area contributed by atoms with Crippen molar-refractivity contribution in [2.24, 2.45) is 4.99 Å². The van der Waals surface area contributed by atoms with Gasteiger partial charge >= 0.3 is 5.97 Å². The summed E-state index contributed by atoms with van der Waals surface area (Å²) in [6.07, 6.45) is 2.61. The Labute approximate surface area is 112 Å². The van der Waals surface area contributed by atoms with Crippen molar-refractivity contribution in [1.82, 2.24) is 0 Å². The lowest BCUT2D eigenvalue weighted by Gasteiger charge is -2.07. The minimum absolute atomic E-state index is 0.180. The topological polar surface area (TPSA) is 49.7 Å². The van der Waals surface area contributed by atoms with Crippen LogP contribution in [-0.2, 0) is 4.79 Å². The fourth-order valence-corrected chi connectivity index (χ4v) is 2.35. The maximum Gasteiger partial charge on any atom is 0.303 e. The van der Waals surface area contributed by atoms with Crippen molar-refractivity contribution in [1.29, 1.82) is 0 Å². The first-order valence-electron chi connectivity index (χ1n) is 6.07. The van der Waals surface area contributed by atoms with Gasteiger partial charge in [0.25, 0.3) is 0 Å². The summed E-state index contributed by atoms with van der Waals surface area (Å²) in [5.74, 6) is -0.763. The minimum atomic E-state index is -0.763. The van der Waals surface area contributed by atoms with E-state index in [1.54, 1.807) is 0 Å². The van der Waals surface area contributed by atoms with Crippen LogP contribution in [0.3, 0.4) is 0 Å². The molecule has 0 saturated heterocycles. The van der Waals surface area contributed by atoms with Crippen molar-refractivity contribution in [2.75, 3.05) is 6.54 Å². The zero-order chi connectivity index (χ0) is 13.4. The average Bonchev–Trinajstić information content (AvgIpc) is 2.29. The van der Waals surface area contributed by atoms with Gasteiger partial charge in [0.15, 0.2) is 0 Å². The highest BCUT2D eigenvalue weighted by Gasteiger charge is 2.02. The molecule has 1 aromatic rings. The van der Waals surface area contributed by atoms with E-state index in [-0.39, 0.29) is 6.42 Å². The van der Waals surface area contributed by atoms with Gasteiger partial charge < -0.3 is 5.11 Å². The molecule has 0 unspecified atom stereocenters. The second-order valence-electron chi connectivity index (χ2n) is 4.24. The molecule has 0 aliphatic rings. The number of thioether (sulfide) groups is 1. The first kappa shape index (κ1) is 14.8. The largest absolute Gasteiger partial charge is 0.481 e. The van der Waals surface area contributed by atoms with Gasteiger partial charge in [-0.1, -0.05) is 32.0 Å². The molecule has 0 spiro atoms. The molecule has 4 heteroatoms. The Kier molecular flexibility index (Phi) is 6.50. The van der Waals surface area contributed by atoms with Gasteiger partial charge in [-0.2, -0.15) is 0 Å². The van der Waals surface area contributed by atoms with E-state index in [1.807, 2.05) is 36.2 Å². The zero-order valence-corrected chi connectivity index (χ0v) is 11.6. The smallest absolute Gasteiger partial charge is 0.303 e. The Balaban J connectivity index is 2.55. The first-order chi connectivity index (χ1) is 8.59. The molecule has 0 bridgehead atoms. The monoisotopic (exact) mass is 265 g/mol. The first-order valence-corrected chi connectivity index (χ1v) is 6.95. The summed E-state index contributed by atoms with van der Waals surface area (Å²) in [5, 5.41) is 9.05. The number of hydrogen-bond donors (Lipinski definition) is 1. The quantitative estimate of drug-likeness (QED) is 0.466. The third-order valence-corrected chi connectivity index (χ3v) is 3.29. The number of rotatable bonds is 7. The van der Waals surface area contributed by atoms with Crippen LogP contribution in [0.5, 0.6) is 0 Å². The highest BCUT2D eigenvalue weighted by molar-refractivity contribution is 8.00. The third-order valence-electron chi connectivity index (χ3n) is 2.19. The van der Waals surface area contributed by atoms with Crippen molar-refractivity contribution < 1.29 is 9.90 Å². The zero-order valence-electron chi connectivity index (χ0n) is 10.8. The van der Waals surface area contributed by atoms with Crippen LogP contribution in [0.2, 0.25) is 0 Å². The van der Waals surface area contributed by atoms with E-state index in [1.165, 1.54) is 4.90 Å². The standard InChI is InChI=1S/C14H19NO2S/c1-11(2)18-13-7-4-3-6-12(13)10-15-9-5-8-14(16)17/h3-4,6-7,10-11H,5,8-9H2,1-2H3,(H,16,17). The van der Waals surface area contributed by atoms with Crippen LogP contribution in [0.4, 0.5) is 0 Å². The molecular weight excluding hydrogens is 246 g/mol. The fourth-order valence-electron chi connectivity index (χ4n) is 1.43.